The summed E-state index contributed by atoms with van der Waals surface area (Å²) in [5, 5.41) is 10.2. The second-order valence-electron chi connectivity index (χ2n) is 12.9. The van der Waals surface area contributed by atoms with Crippen molar-refractivity contribution in [3.8, 4) is 44.5 Å². The van der Waals surface area contributed by atoms with Gasteiger partial charge in [-0.25, -0.2) is 9.97 Å². The van der Waals surface area contributed by atoms with Crippen LogP contribution in [0.3, 0.4) is 0 Å². The van der Waals surface area contributed by atoms with E-state index in [1.807, 2.05) is 112 Å². The SMILES string of the molecule is CC.CO[n+]1ccc(-c2c3nc(c(-c4cc[n+](OC)cc4)c4ccc([nH]4)c(-c4cc[n+](OC)cc4)c4nc(c(-c5cc[n+](O)cc5)c5ccc2[nH]5)C=C4)C=C3)cc1. The quantitative estimate of drug-likeness (QED) is 0.137. The van der Waals surface area contributed by atoms with E-state index in [1.165, 1.54) is 0 Å². The van der Waals surface area contributed by atoms with Crippen LogP contribution in [0, 0.1) is 0 Å². The maximum Gasteiger partial charge on any atom is 0.223 e. The molecule has 9 rings (SSSR count). The zero-order valence-electron chi connectivity index (χ0n) is 32.2. The Morgan fingerprint density at radius 2 is 0.649 bits per heavy atom. The number of nitrogens with zero attached hydrogens (tertiary/aromatic N) is 6. The van der Waals surface area contributed by atoms with Gasteiger partial charge in [-0.1, -0.05) is 13.8 Å². The fourth-order valence-electron chi connectivity index (χ4n) is 7.11. The topological polar surface area (TPSA) is 121 Å². The number of aromatic amines is 2. The minimum atomic E-state index is 0.762. The summed E-state index contributed by atoms with van der Waals surface area (Å²) in [7, 11) is 4.88. The number of rotatable bonds is 7. The molecule has 57 heavy (non-hydrogen) atoms. The number of pyridine rings is 4. The molecule has 12 nitrogen and oxygen atoms in total. The Hall–Kier alpha value is -7.60. The summed E-state index contributed by atoms with van der Waals surface area (Å²) in [6, 6.07) is 24.1. The van der Waals surface area contributed by atoms with Crippen LogP contribution in [0.15, 0.2) is 122 Å². The number of aromatic nitrogens is 8. The molecule has 0 unspecified atom stereocenters. The zero-order valence-corrected chi connectivity index (χ0v) is 32.2. The molecule has 7 aromatic heterocycles. The van der Waals surface area contributed by atoms with E-state index >= 15 is 0 Å². The normalized spacial score (nSPS) is 11.5. The zero-order chi connectivity index (χ0) is 39.5. The van der Waals surface area contributed by atoms with Gasteiger partial charge in [0.15, 0.2) is 0 Å². The Morgan fingerprint density at radius 1 is 0.404 bits per heavy atom. The average Bonchev–Trinajstić information content (AvgIpc) is 4.11. The van der Waals surface area contributed by atoms with Crippen LogP contribution in [0.2, 0.25) is 0 Å². The highest BCUT2D eigenvalue weighted by atomic mass is 16.6. The lowest BCUT2D eigenvalue weighted by Crippen LogP contribution is -2.39. The highest BCUT2D eigenvalue weighted by Crippen LogP contribution is 2.37. The van der Waals surface area contributed by atoms with Gasteiger partial charge in [-0.05, 0) is 70.8 Å². The molecule has 9 heterocycles. The van der Waals surface area contributed by atoms with Crippen molar-refractivity contribution >= 4 is 46.4 Å². The Labute approximate surface area is 329 Å². The van der Waals surface area contributed by atoms with Gasteiger partial charge in [0.25, 0.3) is 0 Å². The highest BCUT2D eigenvalue weighted by Gasteiger charge is 2.20. The van der Waals surface area contributed by atoms with E-state index in [0.717, 1.165) is 94.1 Å². The first kappa shape index (κ1) is 36.4. The third kappa shape index (κ3) is 6.96. The molecule has 0 spiro atoms. The lowest BCUT2D eigenvalue weighted by Gasteiger charge is -2.06. The van der Waals surface area contributed by atoms with Crippen LogP contribution in [0.4, 0.5) is 0 Å². The fourth-order valence-corrected chi connectivity index (χ4v) is 7.11. The molecule has 0 radical (unpaired) electrons. The molecule has 0 atom stereocenters. The Bertz CT molecular complexity index is 2760. The lowest BCUT2D eigenvalue weighted by atomic mass is 10.0. The number of nitrogens with one attached hydrogen (secondary N) is 2. The Kier molecular flexibility index (Phi) is 9.98. The van der Waals surface area contributed by atoms with Crippen molar-refractivity contribution in [1.82, 2.24) is 19.9 Å². The van der Waals surface area contributed by atoms with Crippen LogP contribution in [0.5, 0.6) is 0 Å². The van der Waals surface area contributed by atoms with E-state index < -0.39 is 0 Å². The van der Waals surface area contributed by atoms with Gasteiger partial charge in [-0.15, -0.1) is 0 Å². The van der Waals surface area contributed by atoms with Crippen molar-refractivity contribution < 1.29 is 38.6 Å². The van der Waals surface area contributed by atoms with E-state index in [0.29, 0.717) is 0 Å². The van der Waals surface area contributed by atoms with Crippen molar-refractivity contribution in [3.63, 3.8) is 0 Å². The van der Waals surface area contributed by atoms with Gasteiger partial charge in [0.2, 0.25) is 49.6 Å². The first-order chi connectivity index (χ1) is 28.0. The molecule has 282 valence electrons. The summed E-state index contributed by atoms with van der Waals surface area (Å²) in [6.45, 7) is 4.00. The fraction of sp³-hybridized carbons (Fsp3) is 0.111. The van der Waals surface area contributed by atoms with Gasteiger partial charge in [0, 0.05) is 112 Å². The molecule has 3 N–H and O–H groups in total. The maximum atomic E-state index is 10.2. The van der Waals surface area contributed by atoms with Gasteiger partial charge >= 0.3 is 0 Å². The molecule has 0 fully saturated rings. The van der Waals surface area contributed by atoms with Crippen LogP contribution >= 0.6 is 0 Å². The second kappa shape index (κ2) is 15.6. The van der Waals surface area contributed by atoms with Gasteiger partial charge in [0.05, 0.1) is 22.8 Å². The van der Waals surface area contributed by atoms with Crippen molar-refractivity contribution in [1.29, 1.82) is 0 Å². The summed E-state index contributed by atoms with van der Waals surface area (Å²) in [5.74, 6) is 0. The van der Waals surface area contributed by atoms with Gasteiger partial charge < -0.3 is 9.97 Å². The minimum Gasteiger partial charge on any atom is -0.354 e. The molecule has 2 aliphatic heterocycles. The predicted octanol–water partition coefficient (Wildman–Crippen LogP) is 5.91. The van der Waals surface area contributed by atoms with E-state index in [9.17, 15) is 5.21 Å². The number of hydrogen-bond acceptors (Lipinski definition) is 6. The molecule has 0 saturated carbocycles. The summed E-state index contributed by atoms with van der Waals surface area (Å²) in [4.78, 5) is 34.4. The molecule has 0 aromatic carbocycles. The molecule has 2 aliphatic rings. The maximum absolute atomic E-state index is 10.2. The molecule has 0 saturated heterocycles. The van der Waals surface area contributed by atoms with Crippen LogP contribution in [-0.2, 0) is 0 Å². The standard InChI is InChI=1S/C43H35N8O4.C2H6/c1-53-49-22-14-29(15-23-49)41-34-6-4-32(44-34)40(28-12-20-48(52)21-13-28)33-5-7-35(45-33)42(30-16-24-50(54-2)25-17-30)37-9-11-39(47-37)43(38-10-8-36(41)46-38)31-18-26-51(55-3)27-19-31;1-2/h4-27H,1-3H3,(H2,44,45,46,47,52);1-2H3/q+3;/p+1. The summed E-state index contributed by atoms with van der Waals surface area (Å²) in [6.07, 6.45) is 22.7. The van der Waals surface area contributed by atoms with Crippen molar-refractivity contribution in [2.75, 3.05) is 21.3 Å². The van der Waals surface area contributed by atoms with Crippen LogP contribution < -0.4 is 33.4 Å². The largest absolute Gasteiger partial charge is 0.354 e. The molecule has 7 aromatic rings. The van der Waals surface area contributed by atoms with Crippen LogP contribution in [0.25, 0.3) is 90.9 Å². The average molecular weight is 759 g/mol. The van der Waals surface area contributed by atoms with Crippen molar-refractivity contribution in [2.45, 2.75) is 13.8 Å². The number of fused-ring (bicyclic) bond motifs is 8. The third-order valence-electron chi connectivity index (χ3n) is 9.76. The van der Waals surface area contributed by atoms with Crippen LogP contribution in [-0.4, -0.2) is 46.5 Å². The number of H-pyrrole nitrogens is 2. The van der Waals surface area contributed by atoms with E-state index in [4.69, 9.17) is 24.5 Å². The minimum absolute atomic E-state index is 0.762. The second-order valence-corrected chi connectivity index (χ2v) is 12.9. The van der Waals surface area contributed by atoms with Crippen LogP contribution in [0.1, 0.15) is 36.6 Å². The van der Waals surface area contributed by atoms with Crippen molar-refractivity contribution in [2.24, 2.45) is 0 Å². The molecular formula is C45H42N8O4+4. The van der Waals surface area contributed by atoms with Gasteiger partial charge in [0.1, 0.15) is 21.3 Å². The smallest absolute Gasteiger partial charge is 0.223 e. The Morgan fingerprint density at radius 3 is 0.895 bits per heavy atom. The van der Waals surface area contributed by atoms with E-state index in [-0.39, 0.29) is 0 Å². The third-order valence-corrected chi connectivity index (χ3v) is 9.76. The molecular weight excluding hydrogens is 717 g/mol. The monoisotopic (exact) mass is 758 g/mol. The summed E-state index contributed by atoms with van der Waals surface area (Å²) >= 11 is 0. The van der Waals surface area contributed by atoms with Crippen molar-refractivity contribution in [3.05, 3.63) is 145 Å². The number of hydrogen-bond donors (Lipinski definition) is 3. The van der Waals surface area contributed by atoms with E-state index in [2.05, 4.69) is 46.4 Å². The lowest BCUT2D eigenvalue weighted by molar-refractivity contribution is -0.904. The van der Waals surface area contributed by atoms with E-state index in [1.54, 1.807) is 47.9 Å². The molecule has 8 bridgehead atoms. The first-order valence-corrected chi connectivity index (χ1v) is 18.6. The molecule has 0 aliphatic carbocycles. The highest BCUT2D eigenvalue weighted by molar-refractivity contribution is 5.99. The summed E-state index contributed by atoms with van der Waals surface area (Å²) < 4.78 is 5.96. The first-order valence-electron chi connectivity index (χ1n) is 18.6. The van der Waals surface area contributed by atoms with Gasteiger partial charge in [-0.3, -0.25) is 19.7 Å². The van der Waals surface area contributed by atoms with Gasteiger partial charge in [-0.2, -0.15) is 0 Å². The summed E-state index contributed by atoms with van der Waals surface area (Å²) in [5.41, 5.74) is 13.9. The Balaban J connectivity index is 0.00000224. The predicted molar refractivity (Wildman–Crippen MR) is 217 cm³/mol. The molecule has 0 amide bonds. The molecule has 12 heteroatoms.